The van der Waals surface area contributed by atoms with Gasteiger partial charge in [-0.3, -0.25) is 58.1 Å². The Kier molecular flexibility index (Phi) is 27.2. The molecule has 30 nitrogen and oxygen atoms in total. The average Bonchev–Trinajstić information content (AvgIpc) is 1.60. The number of nitrogens with two attached hydrogens (primary N) is 2. The van der Waals surface area contributed by atoms with Gasteiger partial charge >= 0.3 is 36.2 Å². The van der Waals surface area contributed by atoms with E-state index in [-0.39, 0.29) is 122 Å². The molecule has 0 bridgehead atoms. The van der Waals surface area contributed by atoms with Crippen molar-refractivity contribution in [1.29, 1.82) is 0 Å². The zero-order valence-corrected chi connectivity index (χ0v) is 65.6. The second-order valence-corrected chi connectivity index (χ2v) is 29.5. The molecule has 7 aromatic carbocycles. The summed E-state index contributed by atoms with van der Waals surface area (Å²) in [4.78, 5) is 152. The number of aromatic hydroxyl groups is 1. The van der Waals surface area contributed by atoms with E-state index in [0.717, 1.165) is 76.8 Å². The number of H-pyrrole nitrogens is 2. The van der Waals surface area contributed by atoms with Gasteiger partial charge in [0.2, 0.25) is 11.9 Å². The molecule has 11 aromatic rings. The molecule has 3 atom stereocenters. The summed E-state index contributed by atoms with van der Waals surface area (Å²) in [5.74, 6) is -6.78. The van der Waals surface area contributed by atoms with Gasteiger partial charge in [0.05, 0.1) is 49.0 Å². The van der Waals surface area contributed by atoms with E-state index in [9.17, 15) is 84.5 Å². The number of anilines is 4. The second kappa shape index (κ2) is 37.2. The van der Waals surface area contributed by atoms with E-state index in [1.165, 1.54) is 61.4 Å². The number of benzene rings is 7. The fourth-order valence-electron chi connectivity index (χ4n) is 12.4. The molecular weight excluding hydrogens is 1570 g/mol. The Labute approximate surface area is 679 Å². The average molecular weight is 1650 g/mol. The van der Waals surface area contributed by atoms with Gasteiger partial charge in [0.1, 0.15) is 41.1 Å². The third-order valence-electron chi connectivity index (χ3n) is 17.9. The second-order valence-electron chi connectivity index (χ2n) is 29.5. The number of aliphatic carboxylic acids is 1. The Morgan fingerprint density at radius 1 is 0.492 bits per heavy atom. The van der Waals surface area contributed by atoms with Gasteiger partial charge in [-0.25, -0.2) is 29.5 Å². The van der Waals surface area contributed by atoms with E-state index in [0.29, 0.717) is 27.5 Å². The van der Waals surface area contributed by atoms with Crippen LogP contribution in [-0.4, -0.2) is 146 Å². The van der Waals surface area contributed by atoms with Crippen molar-refractivity contribution in [2.24, 2.45) is 0 Å². The molecular formula is C84H81F6N15O15. The summed E-state index contributed by atoms with van der Waals surface area (Å²) in [7, 11) is 0. The number of rotatable bonds is 24. The molecule has 1 aliphatic rings. The lowest BCUT2D eigenvalue weighted by Gasteiger charge is -2.24. The van der Waals surface area contributed by atoms with Crippen LogP contribution in [0.15, 0.2) is 192 Å². The number of phenolic OH excluding ortho intramolecular Hbond substituents is 1. The number of aromatic amines is 2. The highest BCUT2D eigenvalue weighted by Crippen LogP contribution is 2.45. The first-order chi connectivity index (χ1) is 56.5. The van der Waals surface area contributed by atoms with Crippen LogP contribution in [0.2, 0.25) is 0 Å². The molecule has 0 fully saturated rings. The lowest BCUT2D eigenvalue weighted by atomic mass is 9.98. The molecule has 12 rings (SSSR count). The lowest BCUT2D eigenvalue weighted by Crippen LogP contribution is -2.42. The molecule has 0 aliphatic heterocycles. The number of halogens is 6. The number of carbonyl (C=O) groups excluding carboxylic acids is 7. The lowest BCUT2D eigenvalue weighted by molar-refractivity contribution is -0.170. The number of carboxylic acids is 1. The number of aromatic nitrogens is 8. The number of ketones is 2. The highest BCUT2D eigenvalue weighted by molar-refractivity contribution is 6.01. The standard InChI is InChI=1S/C30H30F3N7O5.C29H31NO4.C25H20F3N7O6/c1-16(41)22(13-17-5-11-21(12-6-17)45-29(2,3)4)37-25(42)18-7-9-20(10-8-18)40(27(44)30(31,32)33)15-19-14-35-24-23(36-19)26(43)39-28(34)38-24;1-19(31)27(17-20-13-15-21(16-14-20)34-29(2,3)4)30-28(32)33-18-26-24-11-7-5-9-22(24)23-10-6-8-12-25(23)26;26-25(27,28)23(41)35(11-14-10-30-19-18(31-14)21(38)34-24(29)33-19)15-5-3-13(4-6-15)20(37)32-17(22(39)40)9-12-1-7-16(36)8-2-12/h5-12,14,22H,13,15H2,1-4H3,(H,37,42)(H3,34,35,38,39,43);5-16,26-27H,17-18H2,1-4H3,(H,30,32);1-8,10,17,36H,9,11H2,(H,32,37)(H,39,40)(H3,29,30,33,34,38)/t22-;27-;17-/m000/s1. The van der Waals surface area contributed by atoms with Crippen molar-refractivity contribution in [2.75, 3.05) is 27.9 Å². The Morgan fingerprint density at radius 3 is 1.22 bits per heavy atom. The maximum Gasteiger partial charge on any atom is 0.471 e. The zero-order chi connectivity index (χ0) is 87.3. The van der Waals surface area contributed by atoms with E-state index >= 15 is 0 Å². The summed E-state index contributed by atoms with van der Waals surface area (Å²) >= 11 is 0. The molecule has 5 amide bonds. The number of phenols is 1. The van der Waals surface area contributed by atoms with E-state index in [1.54, 1.807) is 24.3 Å². The van der Waals surface area contributed by atoms with Gasteiger partial charge in [-0.1, -0.05) is 84.9 Å². The molecule has 0 saturated heterocycles. The third-order valence-corrected chi connectivity index (χ3v) is 17.9. The van der Waals surface area contributed by atoms with Crippen molar-refractivity contribution >= 4 is 92.9 Å². The molecule has 4 heterocycles. The number of nitrogens with zero attached hydrogens (tertiary/aromatic N) is 8. The third kappa shape index (κ3) is 23.6. The van der Waals surface area contributed by atoms with Crippen LogP contribution >= 0.6 is 0 Å². The monoisotopic (exact) mass is 1650 g/mol. The molecule has 0 saturated carbocycles. The molecule has 11 N–H and O–H groups in total. The minimum absolute atomic E-state index is 0.0219. The molecule has 4 aromatic heterocycles. The molecule has 0 spiro atoms. The van der Waals surface area contributed by atoms with Crippen LogP contribution in [0.25, 0.3) is 33.5 Å². The topological polar surface area (TPSA) is 442 Å². The maximum absolute atomic E-state index is 13.5. The molecule has 1 aliphatic carbocycles. The summed E-state index contributed by atoms with van der Waals surface area (Å²) in [6.45, 7) is 13.3. The smallest absolute Gasteiger partial charge is 0.471 e. The highest BCUT2D eigenvalue weighted by atomic mass is 19.4. The summed E-state index contributed by atoms with van der Waals surface area (Å²) < 4.78 is 98.2. The maximum atomic E-state index is 13.5. The summed E-state index contributed by atoms with van der Waals surface area (Å²) in [5.41, 5.74) is 13.9. The van der Waals surface area contributed by atoms with Gasteiger partial charge in [-0.15, -0.1) is 0 Å². The Balaban J connectivity index is 0.000000191. The number of carboxylic acid groups (broad SMARTS) is 1. The Bertz CT molecular complexity index is 5700. The van der Waals surface area contributed by atoms with Crippen LogP contribution in [0.1, 0.15) is 121 Å². The normalized spacial score (nSPS) is 12.6. The Hall–Kier alpha value is -14.5. The van der Waals surface area contributed by atoms with Crippen LogP contribution in [-0.2, 0) is 61.1 Å². The minimum atomic E-state index is -5.28. The number of alkyl halides is 6. The largest absolute Gasteiger partial charge is 0.508 e. The minimum Gasteiger partial charge on any atom is -0.508 e. The predicted octanol–water partition coefficient (Wildman–Crippen LogP) is 10.9. The fraction of sp³-hybridized carbons (Fsp3) is 0.262. The van der Waals surface area contributed by atoms with E-state index in [2.05, 4.69) is 80.1 Å². The van der Waals surface area contributed by atoms with Crippen LogP contribution in [0.3, 0.4) is 0 Å². The van der Waals surface area contributed by atoms with Gasteiger partial charge in [-0.2, -0.15) is 36.3 Å². The van der Waals surface area contributed by atoms with Gasteiger partial charge in [0.25, 0.3) is 22.9 Å². The first-order valence-electron chi connectivity index (χ1n) is 36.8. The van der Waals surface area contributed by atoms with Gasteiger partial charge in [0, 0.05) is 34.8 Å². The van der Waals surface area contributed by atoms with Crippen molar-refractivity contribution in [3.8, 4) is 28.4 Å². The molecule has 0 radical (unpaired) electrons. The number of carbonyl (C=O) groups is 8. The highest BCUT2D eigenvalue weighted by Gasteiger charge is 2.45. The fourth-order valence-corrected chi connectivity index (χ4v) is 12.4. The number of nitrogen functional groups attached to an aromatic ring is 2. The number of alkyl carbamates (subject to hydrolysis) is 1. The van der Waals surface area contributed by atoms with Crippen LogP contribution < -0.4 is 57.8 Å². The van der Waals surface area contributed by atoms with Crippen molar-refractivity contribution in [2.45, 2.75) is 135 Å². The van der Waals surface area contributed by atoms with E-state index in [4.69, 9.17) is 25.7 Å². The quantitative estimate of drug-likeness (QED) is 0.0254. The van der Waals surface area contributed by atoms with Crippen molar-refractivity contribution in [3.63, 3.8) is 0 Å². The Morgan fingerprint density at radius 2 is 0.850 bits per heavy atom. The number of Topliss-reactive ketones (excluding diaryl/α,β-unsaturated/α-hetero) is 2. The van der Waals surface area contributed by atoms with Crippen LogP contribution in [0.5, 0.6) is 17.2 Å². The SMILES string of the molecule is CC(=O)[C@H](Cc1ccc(OC(C)(C)C)cc1)NC(=O)OCC1c2ccccc2-c2ccccc21.CC(=O)[C@H](Cc1ccc(OC(C)(C)C)cc1)NC(=O)c1ccc(N(Cc2cnc3nc(N)[nH]c(=O)c3n2)C(=O)C(F)(F)F)cc1.Nc1nc2ncc(CN(C(=O)C(F)(F)F)c3ccc(C(=O)N[C@@H](Cc4ccc(O)cc4)C(=O)O)cc3)nc2c(=O)[nH]1. The number of ether oxygens (including phenoxy) is 3. The number of hydrogen-bond acceptors (Lipinski definition) is 22. The number of fused-ring (bicyclic) bond motifs is 5. The van der Waals surface area contributed by atoms with Crippen molar-refractivity contribution in [3.05, 3.63) is 253 Å². The first-order valence-corrected chi connectivity index (χ1v) is 36.8. The summed E-state index contributed by atoms with van der Waals surface area (Å²) in [6, 6.07) is 43.0. The molecule has 624 valence electrons. The number of hydrogen-bond donors (Lipinski definition) is 9. The summed E-state index contributed by atoms with van der Waals surface area (Å²) in [6.07, 6.45) is -8.54. The number of amides is 5. The zero-order valence-electron chi connectivity index (χ0n) is 65.6. The molecule has 36 heteroatoms. The number of nitrogens with one attached hydrogen (secondary N) is 5. The van der Waals surface area contributed by atoms with Gasteiger partial charge in [-0.05, 0) is 192 Å². The van der Waals surface area contributed by atoms with E-state index < -0.39 is 90.4 Å². The van der Waals surface area contributed by atoms with Gasteiger partial charge in [0.15, 0.2) is 33.9 Å². The molecule has 0 unspecified atom stereocenters. The van der Waals surface area contributed by atoms with Crippen LogP contribution in [0.4, 0.5) is 54.4 Å². The van der Waals surface area contributed by atoms with E-state index in [1.807, 2.05) is 90.1 Å². The van der Waals surface area contributed by atoms with Crippen LogP contribution in [0, 0.1) is 0 Å². The predicted molar refractivity (Wildman–Crippen MR) is 428 cm³/mol. The van der Waals surface area contributed by atoms with Gasteiger partial charge < -0.3 is 51.8 Å². The molecule has 120 heavy (non-hydrogen) atoms. The van der Waals surface area contributed by atoms with Crippen molar-refractivity contribution in [1.82, 2.24) is 55.8 Å². The van der Waals surface area contributed by atoms with Crippen molar-refractivity contribution < 1.29 is 89.1 Å². The first kappa shape index (κ1) is 87.9. The summed E-state index contributed by atoms with van der Waals surface area (Å²) in [5, 5.41) is 26.6.